The highest BCUT2D eigenvalue weighted by Crippen LogP contribution is 2.28. The van der Waals surface area contributed by atoms with Crippen LogP contribution < -0.4 is 5.32 Å². The number of carbonyl (C=O) groups excluding carboxylic acids is 1. The second kappa shape index (κ2) is 5.48. The summed E-state index contributed by atoms with van der Waals surface area (Å²) in [5.74, 6) is 0.228. The first-order chi connectivity index (χ1) is 8.62. The van der Waals surface area contributed by atoms with Crippen LogP contribution in [-0.2, 0) is 11.3 Å². The first-order valence-electron chi connectivity index (χ1n) is 6.47. The van der Waals surface area contributed by atoms with Gasteiger partial charge in [-0.15, -0.1) is 0 Å². The summed E-state index contributed by atoms with van der Waals surface area (Å²) in [4.78, 5) is 18.3. The molecule has 0 aromatic carbocycles. The minimum absolute atomic E-state index is 0.228. The molecule has 4 heteroatoms. The summed E-state index contributed by atoms with van der Waals surface area (Å²) in [5.41, 5.74) is 0.869. The molecule has 2 heterocycles. The molecule has 0 radical (unpaired) electrons. The molecular weight excluding hydrogens is 226 g/mol. The van der Waals surface area contributed by atoms with Gasteiger partial charge in [0.05, 0.1) is 5.41 Å². The predicted octanol–water partition coefficient (Wildman–Crippen LogP) is 1.43. The molecule has 98 valence electrons. The van der Waals surface area contributed by atoms with E-state index in [9.17, 15) is 4.79 Å². The minimum atomic E-state index is -0.250. The van der Waals surface area contributed by atoms with Crippen LogP contribution in [-0.4, -0.2) is 35.9 Å². The highest BCUT2D eigenvalue weighted by molar-refractivity contribution is 5.82. The van der Waals surface area contributed by atoms with Crippen LogP contribution in [0.25, 0.3) is 0 Å². The summed E-state index contributed by atoms with van der Waals surface area (Å²) >= 11 is 0. The number of hydrogen-bond acceptors (Lipinski definition) is 3. The summed E-state index contributed by atoms with van der Waals surface area (Å²) in [6.07, 6.45) is 5.57. The van der Waals surface area contributed by atoms with Gasteiger partial charge in [0.25, 0.3) is 0 Å². The Morgan fingerprint density at radius 3 is 2.83 bits per heavy atom. The van der Waals surface area contributed by atoms with Crippen molar-refractivity contribution in [3.63, 3.8) is 0 Å². The minimum Gasteiger partial charge on any atom is -0.341 e. The molecule has 1 N–H and O–H groups in total. The number of aromatic nitrogens is 1. The Bertz CT molecular complexity index is 399. The van der Waals surface area contributed by atoms with Gasteiger partial charge in [-0.05, 0) is 44.0 Å². The second-order valence-electron chi connectivity index (χ2n) is 5.36. The number of piperidine rings is 1. The molecule has 0 aliphatic carbocycles. The van der Waals surface area contributed by atoms with Crippen molar-refractivity contribution in [3.05, 3.63) is 30.1 Å². The van der Waals surface area contributed by atoms with Gasteiger partial charge in [0.15, 0.2) is 0 Å². The third kappa shape index (κ3) is 2.88. The largest absolute Gasteiger partial charge is 0.341 e. The van der Waals surface area contributed by atoms with E-state index in [4.69, 9.17) is 0 Å². The average Bonchev–Trinajstić information content (AvgIpc) is 2.40. The lowest BCUT2D eigenvalue weighted by Gasteiger charge is -2.36. The van der Waals surface area contributed by atoms with Gasteiger partial charge >= 0.3 is 0 Å². The topological polar surface area (TPSA) is 45.2 Å². The lowest BCUT2D eigenvalue weighted by atomic mass is 9.81. The van der Waals surface area contributed by atoms with Crippen LogP contribution in [0.1, 0.15) is 25.3 Å². The molecule has 1 aliphatic heterocycles. The smallest absolute Gasteiger partial charge is 0.229 e. The van der Waals surface area contributed by atoms with E-state index < -0.39 is 0 Å². The van der Waals surface area contributed by atoms with Gasteiger partial charge in [-0.1, -0.05) is 0 Å². The van der Waals surface area contributed by atoms with Crippen LogP contribution in [0.2, 0.25) is 0 Å². The number of carbonyl (C=O) groups is 1. The van der Waals surface area contributed by atoms with Gasteiger partial charge in [-0.25, -0.2) is 0 Å². The highest BCUT2D eigenvalue weighted by Gasteiger charge is 2.36. The number of rotatable bonds is 3. The predicted molar refractivity (Wildman–Crippen MR) is 70.9 cm³/mol. The van der Waals surface area contributed by atoms with Gasteiger partial charge in [-0.2, -0.15) is 0 Å². The van der Waals surface area contributed by atoms with Gasteiger partial charge < -0.3 is 10.2 Å². The molecule has 1 saturated heterocycles. The maximum Gasteiger partial charge on any atom is 0.229 e. The molecule has 1 aliphatic rings. The van der Waals surface area contributed by atoms with E-state index in [2.05, 4.69) is 17.2 Å². The lowest BCUT2D eigenvalue weighted by Crippen LogP contribution is -2.48. The number of hydrogen-bond donors (Lipinski definition) is 1. The van der Waals surface area contributed by atoms with Crippen molar-refractivity contribution in [2.75, 3.05) is 20.1 Å². The maximum atomic E-state index is 12.5. The first-order valence-corrected chi connectivity index (χ1v) is 6.47. The Hall–Kier alpha value is -1.42. The van der Waals surface area contributed by atoms with Crippen LogP contribution in [0.4, 0.5) is 0 Å². The summed E-state index contributed by atoms with van der Waals surface area (Å²) in [6.45, 7) is 4.52. The molecular formula is C14H21N3O. The Kier molecular flexibility index (Phi) is 3.97. The fraction of sp³-hybridized carbons (Fsp3) is 0.571. The molecule has 0 spiro atoms. The van der Waals surface area contributed by atoms with E-state index in [1.807, 2.05) is 24.1 Å². The van der Waals surface area contributed by atoms with Gasteiger partial charge in [0.2, 0.25) is 5.91 Å². The maximum absolute atomic E-state index is 12.5. The molecule has 1 amide bonds. The van der Waals surface area contributed by atoms with E-state index in [1.165, 1.54) is 0 Å². The van der Waals surface area contributed by atoms with Crippen LogP contribution in [0.3, 0.4) is 0 Å². The van der Waals surface area contributed by atoms with Crippen molar-refractivity contribution >= 4 is 5.91 Å². The van der Waals surface area contributed by atoms with Gasteiger partial charge in [-0.3, -0.25) is 9.78 Å². The van der Waals surface area contributed by atoms with Crippen molar-refractivity contribution in [1.29, 1.82) is 0 Å². The third-order valence-corrected chi connectivity index (χ3v) is 3.63. The molecule has 0 bridgehead atoms. The first kappa shape index (κ1) is 13.0. The molecule has 1 unspecified atom stereocenters. The summed E-state index contributed by atoms with van der Waals surface area (Å²) in [7, 11) is 1.88. The zero-order valence-electron chi connectivity index (χ0n) is 11.1. The normalized spacial score (nSPS) is 23.7. The Balaban J connectivity index is 2.00. The summed E-state index contributed by atoms with van der Waals surface area (Å²) < 4.78 is 0. The van der Waals surface area contributed by atoms with Crippen molar-refractivity contribution in [2.45, 2.75) is 26.3 Å². The van der Waals surface area contributed by atoms with Crippen LogP contribution in [0.15, 0.2) is 24.5 Å². The summed E-state index contributed by atoms with van der Waals surface area (Å²) in [5, 5.41) is 3.32. The molecule has 18 heavy (non-hydrogen) atoms. The molecule has 1 fully saturated rings. The monoisotopic (exact) mass is 247 g/mol. The zero-order valence-corrected chi connectivity index (χ0v) is 11.1. The van der Waals surface area contributed by atoms with E-state index in [-0.39, 0.29) is 11.3 Å². The van der Waals surface area contributed by atoms with E-state index in [1.54, 1.807) is 12.4 Å². The van der Waals surface area contributed by atoms with Crippen LogP contribution >= 0.6 is 0 Å². The fourth-order valence-electron chi connectivity index (χ4n) is 2.53. The van der Waals surface area contributed by atoms with Crippen molar-refractivity contribution in [2.24, 2.45) is 5.41 Å². The number of pyridine rings is 1. The molecule has 4 nitrogen and oxygen atoms in total. The zero-order chi connectivity index (χ0) is 13.0. The van der Waals surface area contributed by atoms with Gasteiger partial charge in [0.1, 0.15) is 0 Å². The quantitative estimate of drug-likeness (QED) is 0.879. The van der Waals surface area contributed by atoms with Crippen molar-refractivity contribution in [1.82, 2.24) is 15.2 Å². The number of nitrogens with one attached hydrogen (secondary N) is 1. The van der Waals surface area contributed by atoms with Gasteiger partial charge in [0, 0.05) is 32.5 Å². The number of amides is 1. The summed E-state index contributed by atoms with van der Waals surface area (Å²) in [6, 6.07) is 3.90. The molecule has 0 saturated carbocycles. The number of nitrogens with zero attached hydrogens (tertiary/aromatic N) is 2. The average molecular weight is 247 g/mol. The molecule has 1 aromatic rings. The Labute approximate surface area is 108 Å². The lowest BCUT2D eigenvalue weighted by molar-refractivity contribution is -0.141. The Morgan fingerprint density at radius 2 is 2.22 bits per heavy atom. The van der Waals surface area contributed by atoms with Crippen molar-refractivity contribution in [3.8, 4) is 0 Å². The standard InChI is InChI=1S/C14H21N3O/c1-14(6-3-7-16-11-14)13(18)17(2)10-12-4-8-15-9-5-12/h4-5,8-9,16H,3,6-7,10-11H2,1-2H3. The van der Waals surface area contributed by atoms with Crippen LogP contribution in [0, 0.1) is 5.41 Å². The molecule has 1 aromatic heterocycles. The van der Waals surface area contributed by atoms with E-state index in [0.29, 0.717) is 6.54 Å². The second-order valence-corrected chi connectivity index (χ2v) is 5.36. The van der Waals surface area contributed by atoms with Crippen LogP contribution in [0.5, 0.6) is 0 Å². The highest BCUT2D eigenvalue weighted by atomic mass is 16.2. The molecule has 1 atom stereocenters. The van der Waals surface area contributed by atoms with Crippen molar-refractivity contribution < 1.29 is 4.79 Å². The SMILES string of the molecule is CN(Cc1ccncc1)C(=O)C1(C)CCCNC1. The van der Waals surface area contributed by atoms with E-state index in [0.717, 1.165) is 31.5 Å². The third-order valence-electron chi connectivity index (χ3n) is 3.63. The Morgan fingerprint density at radius 1 is 1.50 bits per heavy atom. The fourth-order valence-corrected chi connectivity index (χ4v) is 2.53. The molecule has 2 rings (SSSR count). The van der Waals surface area contributed by atoms with E-state index >= 15 is 0 Å².